The molecule has 1 fully saturated rings. The zero-order chi connectivity index (χ0) is 11.8. The molecular formula is C16H28O. The first kappa shape index (κ1) is 13.1. The van der Waals surface area contributed by atoms with Gasteiger partial charge in [0.2, 0.25) is 0 Å². The topological polar surface area (TPSA) is 12.5 Å². The van der Waals surface area contributed by atoms with Crippen LogP contribution in [0.4, 0.5) is 0 Å². The van der Waals surface area contributed by atoms with E-state index < -0.39 is 0 Å². The fourth-order valence-corrected chi connectivity index (χ4v) is 2.85. The Morgan fingerprint density at radius 1 is 0.588 bits per heavy atom. The van der Waals surface area contributed by atoms with Crippen LogP contribution in [-0.2, 0) is 4.74 Å². The molecule has 1 unspecified atom stereocenters. The van der Waals surface area contributed by atoms with Crippen molar-refractivity contribution in [3.05, 3.63) is 12.2 Å². The maximum Gasteiger partial charge on any atom is 0.0841 e. The second kappa shape index (κ2) is 7.92. The molecule has 1 saturated heterocycles. The van der Waals surface area contributed by atoms with E-state index in [1.807, 2.05) is 0 Å². The lowest BCUT2D eigenvalue weighted by Crippen LogP contribution is -1.95. The predicted octanol–water partition coefficient (Wildman–Crippen LogP) is 5.00. The van der Waals surface area contributed by atoms with E-state index in [0.717, 1.165) is 0 Å². The summed E-state index contributed by atoms with van der Waals surface area (Å²) in [5, 5.41) is 0. The number of hydrogen-bond donors (Lipinski definition) is 0. The highest BCUT2D eigenvalue weighted by molar-refractivity contribution is 4.85. The summed E-state index contributed by atoms with van der Waals surface area (Å²) in [5.74, 6) is 0. The normalized spacial score (nSPS) is 34.8. The van der Waals surface area contributed by atoms with Crippen molar-refractivity contribution in [3.63, 3.8) is 0 Å². The van der Waals surface area contributed by atoms with E-state index in [1.54, 1.807) is 0 Å². The summed E-state index contributed by atoms with van der Waals surface area (Å²) in [6, 6.07) is 0. The Balaban J connectivity index is 1.63. The molecule has 0 amide bonds. The van der Waals surface area contributed by atoms with Crippen molar-refractivity contribution in [2.24, 2.45) is 0 Å². The Morgan fingerprint density at radius 3 is 1.59 bits per heavy atom. The van der Waals surface area contributed by atoms with Crippen LogP contribution in [0.2, 0.25) is 0 Å². The van der Waals surface area contributed by atoms with Gasteiger partial charge in [0.25, 0.3) is 0 Å². The third-order valence-electron chi connectivity index (χ3n) is 4.07. The molecule has 17 heavy (non-hydrogen) atoms. The van der Waals surface area contributed by atoms with Crippen molar-refractivity contribution in [2.45, 2.75) is 89.3 Å². The standard InChI is InChI=1S/C16H28O/c1-2-4-6-8-10-12-14-16-15(17-16)13-11-9-7-5-3-1/h1-2,15-16H,3-14H2/b2-1-/t15-,16?/m1/s1. The Labute approximate surface area is 107 Å². The molecule has 0 aromatic heterocycles. The highest BCUT2D eigenvalue weighted by atomic mass is 16.6. The van der Waals surface area contributed by atoms with Gasteiger partial charge in [0.15, 0.2) is 0 Å². The number of fused-ring (bicyclic) bond motifs is 1. The molecule has 0 aromatic rings. The van der Waals surface area contributed by atoms with Crippen LogP contribution in [-0.4, -0.2) is 12.2 Å². The highest BCUT2D eigenvalue weighted by Crippen LogP contribution is 2.31. The second-order valence-corrected chi connectivity index (χ2v) is 5.67. The van der Waals surface area contributed by atoms with Crippen LogP contribution >= 0.6 is 0 Å². The fraction of sp³-hybridized carbons (Fsp3) is 0.875. The van der Waals surface area contributed by atoms with Crippen LogP contribution in [0.25, 0.3) is 0 Å². The van der Waals surface area contributed by atoms with Crippen molar-refractivity contribution in [1.29, 1.82) is 0 Å². The molecule has 1 aliphatic carbocycles. The molecule has 0 radical (unpaired) electrons. The SMILES string of the molecule is C1=C\CCCCCC[C@H]2OC2CCCCCC/1. The van der Waals surface area contributed by atoms with Crippen LogP contribution in [0.15, 0.2) is 12.2 Å². The van der Waals surface area contributed by atoms with Gasteiger partial charge in [-0.2, -0.15) is 0 Å². The van der Waals surface area contributed by atoms with E-state index >= 15 is 0 Å². The van der Waals surface area contributed by atoms with E-state index in [4.69, 9.17) is 4.74 Å². The molecule has 2 aliphatic rings. The molecule has 0 saturated carbocycles. The maximum atomic E-state index is 5.73. The summed E-state index contributed by atoms with van der Waals surface area (Å²) < 4.78 is 5.73. The third kappa shape index (κ3) is 5.72. The van der Waals surface area contributed by atoms with Crippen molar-refractivity contribution in [3.8, 4) is 0 Å². The van der Waals surface area contributed by atoms with E-state index in [9.17, 15) is 0 Å². The van der Waals surface area contributed by atoms with Crippen molar-refractivity contribution in [2.75, 3.05) is 0 Å². The minimum absolute atomic E-state index is 0.641. The van der Waals surface area contributed by atoms with Crippen molar-refractivity contribution >= 4 is 0 Å². The first-order valence-electron chi connectivity index (χ1n) is 7.77. The van der Waals surface area contributed by atoms with Gasteiger partial charge in [-0.1, -0.05) is 50.7 Å². The second-order valence-electron chi connectivity index (χ2n) is 5.67. The Hall–Kier alpha value is -0.300. The van der Waals surface area contributed by atoms with Gasteiger partial charge in [0, 0.05) is 0 Å². The van der Waals surface area contributed by atoms with Gasteiger partial charge >= 0.3 is 0 Å². The van der Waals surface area contributed by atoms with Gasteiger partial charge in [0.1, 0.15) is 0 Å². The summed E-state index contributed by atoms with van der Waals surface area (Å²) in [4.78, 5) is 0. The molecule has 1 heteroatoms. The third-order valence-corrected chi connectivity index (χ3v) is 4.07. The van der Waals surface area contributed by atoms with Gasteiger partial charge in [-0.05, 0) is 38.5 Å². The summed E-state index contributed by atoms with van der Waals surface area (Å²) in [5.41, 5.74) is 0. The minimum atomic E-state index is 0.641. The van der Waals surface area contributed by atoms with Crippen LogP contribution in [0.1, 0.15) is 77.0 Å². The summed E-state index contributed by atoms with van der Waals surface area (Å²) in [6.45, 7) is 0. The molecule has 1 heterocycles. The molecule has 1 nitrogen and oxygen atoms in total. The quantitative estimate of drug-likeness (QED) is 0.425. The van der Waals surface area contributed by atoms with E-state index in [2.05, 4.69) is 12.2 Å². The zero-order valence-corrected chi connectivity index (χ0v) is 11.2. The first-order chi connectivity index (χ1) is 8.47. The number of hydrogen-bond acceptors (Lipinski definition) is 1. The molecular weight excluding hydrogens is 208 g/mol. The van der Waals surface area contributed by atoms with Crippen LogP contribution in [0.3, 0.4) is 0 Å². The molecule has 98 valence electrons. The summed E-state index contributed by atoms with van der Waals surface area (Å²) in [6.07, 6.45) is 22.4. The molecule has 0 N–H and O–H groups in total. The first-order valence-corrected chi connectivity index (χ1v) is 7.77. The van der Waals surface area contributed by atoms with Crippen LogP contribution in [0.5, 0.6) is 0 Å². The summed E-state index contributed by atoms with van der Waals surface area (Å²) in [7, 11) is 0. The molecule has 2 rings (SSSR count). The molecule has 1 aliphatic heterocycles. The van der Waals surface area contributed by atoms with Gasteiger partial charge in [0.05, 0.1) is 12.2 Å². The van der Waals surface area contributed by atoms with Gasteiger partial charge in [-0.15, -0.1) is 0 Å². The number of epoxide rings is 1. The number of ether oxygens (including phenoxy) is 1. The Morgan fingerprint density at radius 2 is 1.06 bits per heavy atom. The van der Waals surface area contributed by atoms with Gasteiger partial charge in [-0.25, -0.2) is 0 Å². The fourth-order valence-electron chi connectivity index (χ4n) is 2.85. The smallest absolute Gasteiger partial charge is 0.0841 e. The molecule has 0 bridgehead atoms. The largest absolute Gasteiger partial charge is 0.370 e. The van der Waals surface area contributed by atoms with Crippen molar-refractivity contribution < 1.29 is 4.74 Å². The van der Waals surface area contributed by atoms with E-state index in [0.29, 0.717) is 12.2 Å². The average molecular weight is 236 g/mol. The molecule has 0 spiro atoms. The van der Waals surface area contributed by atoms with Gasteiger partial charge < -0.3 is 4.74 Å². The minimum Gasteiger partial charge on any atom is -0.370 e. The van der Waals surface area contributed by atoms with Crippen molar-refractivity contribution in [1.82, 2.24) is 0 Å². The predicted molar refractivity (Wildman–Crippen MR) is 73.2 cm³/mol. The lowest BCUT2D eigenvalue weighted by Gasteiger charge is -2.01. The number of allylic oxidation sites excluding steroid dienone is 2. The lowest BCUT2D eigenvalue weighted by molar-refractivity contribution is 0.348. The van der Waals surface area contributed by atoms with Gasteiger partial charge in [-0.3, -0.25) is 0 Å². The maximum absolute atomic E-state index is 5.73. The van der Waals surface area contributed by atoms with Crippen LogP contribution < -0.4 is 0 Å². The average Bonchev–Trinajstić information content (AvgIpc) is 3.07. The zero-order valence-electron chi connectivity index (χ0n) is 11.2. The summed E-state index contributed by atoms with van der Waals surface area (Å²) >= 11 is 0. The van der Waals surface area contributed by atoms with Crippen LogP contribution in [0, 0.1) is 0 Å². The Bertz CT molecular complexity index is 200. The van der Waals surface area contributed by atoms with E-state index in [-0.39, 0.29) is 0 Å². The number of rotatable bonds is 0. The Kier molecular flexibility index (Phi) is 6.12. The monoisotopic (exact) mass is 236 g/mol. The highest BCUT2D eigenvalue weighted by Gasteiger charge is 2.36. The lowest BCUT2D eigenvalue weighted by atomic mass is 10.0. The molecule has 0 aromatic carbocycles. The van der Waals surface area contributed by atoms with E-state index in [1.165, 1.54) is 77.0 Å². The molecule has 2 atom stereocenters.